The maximum absolute atomic E-state index is 12.4. The van der Waals surface area contributed by atoms with E-state index in [1.165, 1.54) is 21.2 Å². The summed E-state index contributed by atoms with van der Waals surface area (Å²) in [5, 5.41) is 10.7. The molecule has 0 saturated heterocycles. The van der Waals surface area contributed by atoms with Gasteiger partial charge in [0.25, 0.3) is 11.5 Å². The zero-order chi connectivity index (χ0) is 18.7. The molecule has 0 radical (unpaired) electrons. The largest absolute Gasteiger partial charge is 0.348 e. The number of carbonyl (C=O) groups is 2. The van der Waals surface area contributed by atoms with Gasteiger partial charge in [-0.3, -0.25) is 19.7 Å². The lowest BCUT2D eigenvalue weighted by Crippen LogP contribution is -2.30. The molecule has 2 aromatic heterocycles. The smallest absolute Gasteiger partial charge is 0.263 e. The van der Waals surface area contributed by atoms with Crippen LogP contribution in [0.2, 0.25) is 0 Å². The molecule has 0 fully saturated rings. The van der Waals surface area contributed by atoms with Crippen LogP contribution >= 0.6 is 23.1 Å². The van der Waals surface area contributed by atoms with Crippen molar-refractivity contribution in [2.75, 3.05) is 25.2 Å². The Morgan fingerprint density at radius 2 is 2.00 bits per heavy atom. The highest BCUT2D eigenvalue weighted by Crippen LogP contribution is 2.25. The van der Waals surface area contributed by atoms with Crippen LogP contribution in [0.3, 0.4) is 0 Å². The normalized spacial score (nSPS) is 10.6. The van der Waals surface area contributed by atoms with Crippen LogP contribution in [0.15, 0.2) is 15.2 Å². The minimum atomic E-state index is -0.518. The molecule has 0 aliphatic heterocycles. The summed E-state index contributed by atoms with van der Waals surface area (Å²) in [6, 6.07) is 1.78. The molecule has 0 aliphatic rings. The van der Waals surface area contributed by atoms with Gasteiger partial charge >= 0.3 is 0 Å². The highest BCUT2D eigenvalue weighted by atomic mass is 32.2. The molecule has 0 atom stereocenters. The molecular formula is C15H19N5O3S2. The summed E-state index contributed by atoms with van der Waals surface area (Å²) in [6.45, 7) is 3.52. The molecule has 0 unspecified atom stereocenters. The van der Waals surface area contributed by atoms with Crippen molar-refractivity contribution in [3.63, 3.8) is 0 Å². The SMILES string of the molecule is Cc1cc(C)n(C)c(=O)c1C(=O)Nc1nnc(SCC(=O)N(C)C)s1. The van der Waals surface area contributed by atoms with E-state index in [0.29, 0.717) is 9.90 Å². The number of anilines is 1. The fraction of sp³-hybridized carbons (Fsp3) is 0.400. The lowest BCUT2D eigenvalue weighted by molar-refractivity contribution is -0.125. The van der Waals surface area contributed by atoms with Crippen molar-refractivity contribution in [2.45, 2.75) is 18.2 Å². The second-order valence-electron chi connectivity index (χ2n) is 5.61. The number of nitrogens with zero attached hydrogens (tertiary/aromatic N) is 4. The fourth-order valence-electron chi connectivity index (χ4n) is 1.99. The number of pyridine rings is 1. The first-order valence-electron chi connectivity index (χ1n) is 7.35. The first-order valence-corrected chi connectivity index (χ1v) is 9.16. The molecular weight excluding hydrogens is 362 g/mol. The van der Waals surface area contributed by atoms with Gasteiger partial charge in [-0.25, -0.2) is 0 Å². The molecule has 2 rings (SSSR count). The predicted octanol–water partition coefficient (Wildman–Crippen LogP) is 1.29. The van der Waals surface area contributed by atoms with Crippen LogP contribution in [-0.2, 0) is 11.8 Å². The minimum Gasteiger partial charge on any atom is -0.348 e. The van der Waals surface area contributed by atoms with E-state index in [0.717, 1.165) is 17.0 Å². The molecule has 0 spiro atoms. The topological polar surface area (TPSA) is 97.2 Å². The average Bonchev–Trinajstić information content (AvgIpc) is 2.97. The van der Waals surface area contributed by atoms with E-state index in [1.54, 1.807) is 41.1 Å². The molecule has 0 aliphatic carbocycles. The van der Waals surface area contributed by atoms with E-state index in [-0.39, 0.29) is 27.9 Å². The average molecular weight is 381 g/mol. The Labute approximate surface area is 153 Å². The Balaban J connectivity index is 2.11. The number of aryl methyl sites for hydroxylation is 2. The Hall–Kier alpha value is -2.20. The van der Waals surface area contributed by atoms with Crippen LogP contribution < -0.4 is 10.9 Å². The highest BCUT2D eigenvalue weighted by molar-refractivity contribution is 8.01. The number of nitrogens with one attached hydrogen (secondary N) is 1. The third-order valence-electron chi connectivity index (χ3n) is 3.54. The summed E-state index contributed by atoms with van der Waals surface area (Å²) in [7, 11) is 4.98. The number of aromatic nitrogens is 3. The van der Waals surface area contributed by atoms with Gasteiger partial charge in [0.2, 0.25) is 11.0 Å². The number of hydrogen-bond donors (Lipinski definition) is 1. The summed E-state index contributed by atoms with van der Waals surface area (Å²) in [5.74, 6) is -0.313. The second kappa shape index (κ2) is 7.79. The van der Waals surface area contributed by atoms with Crippen molar-refractivity contribution < 1.29 is 9.59 Å². The summed E-state index contributed by atoms with van der Waals surface area (Å²) >= 11 is 2.41. The molecule has 8 nitrogen and oxygen atoms in total. The van der Waals surface area contributed by atoms with Gasteiger partial charge in [0.05, 0.1) is 5.75 Å². The summed E-state index contributed by atoms with van der Waals surface area (Å²) in [6.07, 6.45) is 0. The zero-order valence-electron chi connectivity index (χ0n) is 14.6. The monoisotopic (exact) mass is 381 g/mol. The van der Waals surface area contributed by atoms with Crippen molar-refractivity contribution >= 4 is 40.0 Å². The third-order valence-corrected chi connectivity index (χ3v) is 5.50. The number of amides is 2. The van der Waals surface area contributed by atoms with E-state index in [2.05, 4.69) is 15.5 Å². The van der Waals surface area contributed by atoms with Crippen molar-refractivity contribution in [3.8, 4) is 0 Å². The first-order chi connectivity index (χ1) is 11.7. The van der Waals surface area contributed by atoms with Crippen molar-refractivity contribution in [1.29, 1.82) is 0 Å². The summed E-state index contributed by atoms with van der Waals surface area (Å²) in [4.78, 5) is 37.8. The Bertz CT molecular complexity index is 873. The second-order valence-corrected chi connectivity index (χ2v) is 7.81. The highest BCUT2D eigenvalue weighted by Gasteiger charge is 2.18. The van der Waals surface area contributed by atoms with Crippen LogP contribution in [0.1, 0.15) is 21.6 Å². The van der Waals surface area contributed by atoms with Gasteiger partial charge in [0.15, 0.2) is 4.34 Å². The van der Waals surface area contributed by atoms with Crippen LogP contribution in [0.4, 0.5) is 5.13 Å². The quantitative estimate of drug-likeness (QED) is 0.619. The van der Waals surface area contributed by atoms with Crippen molar-refractivity contribution in [3.05, 3.63) is 33.2 Å². The Morgan fingerprint density at radius 1 is 1.32 bits per heavy atom. The van der Waals surface area contributed by atoms with Gasteiger partial charge < -0.3 is 9.47 Å². The van der Waals surface area contributed by atoms with Crippen LogP contribution in [0, 0.1) is 13.8 Å². The van der Waals surface area contributed by atoms with E-state index in [4.69, 9.17) is 0 Å². The maximum Gasteiger partial charge on any atom is 0.263 e. The number of carbonyl (C=O) groups excluding carboxylic acids is 2. The van der Waals surface area contributed by atoms with Gasteiger partial charge in [0, 0.05) is 26.8 Å². The van der Waals surface area contributed by atoms with Gasteiger partial charge in [-0.2, -0.15) is 0 Å². The molecule has 0 saturated carbocycles. The molecule has 2 amide bonds. The molecule has 0 bridgehead atoms. The number of thioether (sulfide) groups is 1. The molecule has 0 aromatic carbocycles. The molecule has 25 heavy (non-hydrogen) atoms. The van der Waals surface area contributed by atoms with Crippen LogP contribution in [0.25, 0.3) is 0 Å². The predicted molar refractivity (Wildman–Crippen MR) is 98.4 cm³/mol. The van der Waals surface area contributed by atoms with Crippen molar-refractivity contribution in [1.82, 2.24) is 19.7 Å². The maximum atomic E-state index is 12.4. The number of hydrogen-bond acceptors (Lipinski definition) is 7. The van der Waals surface area contributed by atoms with Crippen LogP contribution in [0.5, 0.6) is 0 Å². The van der Waals surface area contributed by atoms with Gasteiger partial charge in [-0.05, 0) is 25.5 Å². The first kappa shape index (κ1) is 19.1. The molecule has 2 aromatic rings. The summed E-state index contributed by atoms with van der Waals surface area (Å²) in [5.41, 5.74) is 1.11. The standard InChI is InChI=1S/C15H19N5O3S2/c1-8-6-9(2)20(5)13(23)11(8)12(22)16-14-17-18-15(25-14)24-7-10(21)19(3)4/h6H,7H2,1-5H3,(H,16,17,22). The lowest BCUT2D eigenvalue weighted by atomic mass is 10.1. The number of rotatable bonds is 5. The van der Waals surface area contributed by atoms with E-state index in [9.17, 15) is 14.4 Å². The third kappa shape index (κ3) is 4.45. The van der Waals surface area contributed by atoms with Gasteiger partial charge in [-0.15, -0.1) is 10.2 Å². The Kier molecular flexibility index (Phi) is 5.96. The molecule has 2 heterocycles. The minimum absolute atomic E-state index is 0.0374. The molecule has 1 N–H and O–H groups in total. The van der Waals surface area contributed by atoms with E-state index in [1.807, 2.05) is 0 Å². The fourth-order valence-corrected chi connectivity index (χ4v) is 3.71. The van der Waals surface area contributed by atoms with E-state index >= 15 is 0 Å². The van der Waals surface area contributed by atoms with Crippen molar-refractivity contribution in [2.24, 2.45) is 7.05 Å². The lowest BCUT2D eigenvalue weighted by Gasteiger charge is -2.09. The zero-order valence-corrected chi connectivity index (χ0v) is 16.2. The van der Waals surface area contributed by atoms with Gasteiger partial charge in [-0.1, -0.05) is 23.1 Å². The molecule has 10 heteroatoms. The summed E-state index contributed by atoms with van der Waals surface area (Å²) < 4.78 is 2.00. The van der Waals surface area contributed by atoms with Crippen LogP contribution in [-0.4, -0.2) is 51.3 Å². The van der Waals surface area contributed by atoms with E-state index < -0.39 is 5.91 Å². The molecule has 134 valence electrons. The Morgan fingerprint density at radius 3 is 2.64 bits per heavy atom. The van der Waals surface area contributed by atoms with Gasteiger partial charge in [0.1, 0.15) is 5.56 Å².